The van der Waals surface area contributed by atoms with Crippen LogP contribution in [-0.4, -0.2) is 103 Å². The van der Waals surface area contributed by atoms with Gasteiger partial charge in [-0.25, -0.2) is 24.5 Å². The molecule has 16 nitrogen and oxygen atoms in total. The standard InChI is InChI=1S/C42H50N10O6/c1-25(2)36(49-42(56)58-5)40(54)52-19-7-9-35(52)38-45-23-33(47-38)29-16-12-27(13-17-29)26-10-14-28(15-11-26)32-22-44-37(46-32)34-8-6-18-51(34)39(53)31(48-41(55)57-4)20-30-21-43-24-50(30)3/h10-17,21-25,31,34-36H,6-9,18-20H2,1-5H3,(H,44,46)(H,45,47)(H,48,55)(H,49,56)/t31-,34+,35+,36-/m1/s1. The molecule has 2 aromatic carbocycles. The lowest BCUT2D eigenvalue weighted by molar-refractivity contribution is -0.135. The molecule has 16 heteroatoms. The van der Waals surface area contributed by atoms with Gasteiger partial charge in [0.25, 0.3) is 0 Å². The van der Waals surface area contributed by atoms with E-state index in [4.69, 9.17) is 14.5 Å². The van der Waals surface area contributed by atoms with Crippen molar-refractivity contribution < 1.29 is 28.7 Å². The van der Waals surface area contributed by atoms with E-state index in [1.165, 1.54) is 14.2 Å². The zero-order valence-electron chi connectivity index (χ0n) is 33.4. The highest BCUT2D eigenvalue weighted by molar-refractivity contribution is 5.87. The van der Waals surface area contributed by atoms with Crippen LogP contribution < -0.4 is 10.6 Å². The number of carbonyl (C=O) groups excluding carboxylic acids is 4. The van der Waals surface area contributed by atoms with Crippen LogP contribution in [-0.2, 0) is 32.5 Å². The van der Waals surface area contributed by atoms with Crippen LogP contribution in [0.2, 0.25) is 0 Å². The van der Waals surface area contributed by atoms with Crippen LogP contribution in [0.15, 0.2) is 73.4 Å². The number of aromatic amines is 2. The van der Waals surface area contributed by atoms with E-state index in [1.807, 2.05) is 49.7 Å². The second kappa shape index (κ2) is 17.4. The maximum absolute atomic E-state index is 13.9. The predicted octanol–water partition coefficient (Wildman–Crippen LogP) is 5.54. The SMILES string of the molecule is COC(=O)N[C@H](Cc1cncn1C)C(=O)N1CCC[C@H]1c1ncc(-c2ccc(-c3ccc(-c4cnc([C@@H]5CCCN5C(=O)[C@H](NC(=O)OC)C(C)C)[nH]4)cc3)cc2)[nH]1. The van der Waals surface area contributed by atoms with E-state index < -0.39 is 24.3 Å². The first-order chi connectivity index (χ1) is 28.0. The van der Waals surface area contributed by atoms with Crippen molar-refractivity contribution in [2.45, 2.75) is 70.1 Å². The van der Waals surface area contributed by atoms with Crippen LogP contribution in [0.3, 0.4) is 0 Å². The van der Waals surface area contributed by atoms with Gasteiger partial charge in [-0.05, 0) is 53.9 Å². The van der Waals surface area contributed by atoms with Gasteiger partial charge in [0, 0.05) is 38.4 Å². The molecule has 3 aromatic heterocycles. The number of likely N-dealkylation sites (tertiary alicyclic amines) is 2. The number of aryl methyl sites for hydroxylation is 1. The van der Waals surface area contributed by atoms with Gasteiger partial charge >= 0.3 is 12.2 Å². The summed E-state index contributed by atoms with van der Waals surface area (Å²) < 4.78 is 11.4. The summed E-state index contributed by atoms with van der Waals surface area (Å²) in [5, 5.41) is 5.41. The number of amides is 4. The minimum Gasteiger partial charge on any atom is -0.453 e. The van der Waals surface area contributed by atoms with E-state index in [9.17, 15) is 19.2 Å². The van der Waals surface area contributed by atoms with Gasteiger partial charge in [0.2, 0.25) is 11.8 Å². The maximum atomic E-state index is 13.9. The van der Waals surface area contributed by atoms with Gasteiger partial charge in [-0.3, -0.25) is 9.59 Å². The normalized spacial score (nSPS) is 17.6. The Kier molecular flexibility index (Phi) is 11.9. The van der Waals surface area contributed by atoms with Gasteiger partial charge in [-0.15, -0.1) is 0 Å². The predicted molar refractivity (Wildman–Crippen MR) is 215 cm³/mol. The van der Waals surface area contributed by atoms with Gasteiger partial charge in [0.15, 0.2) is 0 Å². The molecule has 2 aliphatic heterocycles. The van der Waals surface area contributed by atoms with Crippen molar-refractivity contribution in [1.82, 2.24) is 49.9 Å². The number of benzene rings is 2. The van der Waals surface area contributed by atoms with Crippen LogP contribution in [0.25, 0.3) is 33.6 Å². The average molecular weight is 791 g/mol. The number of carbonyl (C=O) groups is 4. The molecule has 5 heterocycles. The van der Waals surface area contributed by atoms with E-state index in [1.54, 1.807) is 34.7 Å². The van der Waals surface area contributed by atoms with Gasteiger partial charge in [-0.1, -0.05) is 62.4 Å². The van der Waals surface area contributed by atoms with E-state index in [2.05, 4.69) is 54.8 Å². The molecule has 0 bridgehead atoms. The monoisotopic (exact) mass is 790 g/mol. The Morgan fingerprint density at radius 3 is 1.67 bits per heavy atom. The summed E-state index contributed by atoms with van der Waals surface area (Å²) in [7, 11) is 4.41. The molecule has 4 amide bonds. The number of nitrogens with one attached hydrogen (secondary N) is 4. The highest BCUT2D eigenvalue weighted by atomic mass is 16.5. The number of H-pyrrole nitrogens is 2. The number of hydrogen-bond acceptors (Lipinski definition) is 9. The van der Waals surface area contributed by atoms with Crippen LogP contribution in [0, 0.1) is 5.92 Å². The van der Waals surface area contributed by atoms with E-state index in [0.29, 0.717) is 18.9 Å². The topological polar surface area (TPSA) is 192 Å². The average Bonchev–Trinajstić information content (AvgIpc) is 4.10. The number of alkyl carbamates (subject to hydrolysis) is 2. The fraction of sp³-hybridized carbons (Fsp3) is 0.405. The molecule has 7 rings (SSSR count). The van der Waals surface area contributed by atoms with Crippen molar-refractivity contribution in [1.29, 1.82) is 0 Å². The van der Waals surface area contributed by atoms with Gasteiger partial charge in [0.05, 0.1) is 56.4 Å². The fourth-order valence-electron chi connectivity index (χ4n) is 7.89. The Morgan fingerprint density at radius 2 is 1.21 bits per heavy atom. The highest BCUT2D eigenvalue weighted by Crippen LogP contribution is 2.35. The number of imidazole rings is 3. The molecule has 58 heavy (non-hydrogen) atoms. The van der Waals surface area contributed by atoms with E-state index in [-0.39, 0.29) is 36.2 Å². The number of aromatic nitrogens is 6. The smallest absolute Gasteiger partial charge is 0.407 e. The number of hydrogen-bond donors (Lipinski definition) is 4. The molecule has 0 radical (unpaired) electrons. The molecule has 0 aliphatic carbocycles. The molecule has 4 N–H and O–H groups in total. The zero-order chi connectivity index (χ0) is 40.9. The third-order valence-corrected chi connectivity index (χ3v) is 11.1. The van der Waals surface area contributed by atoms with Gasteiger partial charge < -0.3 is 44.4 Å². The van der Waals surface area contributed by atoms with E-state index in [0.717, 1.165) is 70.8 Å². The lowest BCUT2D eigenvalue weighted by atomic mass is 10.0. The van der Waals surface area contributed by atoms with Crippen LogP contribution in [0.5, 0.6) is 0 Å². The molecular formula is C42H50N10O6. The number of nitrogens with zero attached hydrogens (tertiary/aromatic N) is 6. The molecule has 2 fully saturated rings. The summed E-state index contributed by atoms with van der Waals surface area (Å²) in [5.74, 6) is 0.962. The quantitative estimate of drug-likeness (QED) is 0.126. The Labute approximate surface area is 336 Å². The number of rotatable bonds is 12. The van der Waals surface area contributed by atoms with Crippen molar-refractivity contribution in [3.63, 3.8) is 0 Å². The lowest BCUT2D eigenvalue weighted by Crippen LogP contribution is -2.51. The fourth-order valence-corrected chi connectivity index (χ4v) is 7.89. The van der Waals surface area contributed by atoms with Crippen molar-refractivity contribution in [2.75, 3.05) is 27.3 Å². The first kappa shape index (κ1) is 39.8. The van der Waals surface area contributed by atoms with Crippen LogP contribution >= 0.6 is 0 Å². The summed E-state index contributed by atoms with van der Waals surface area (Å²) in [4.78, 5) is 75.6. The molecule has 4 atom stereocenters. The summed E-state index contributed by atoms with van der Waals surface area (Å²) in [5.41, 5.74) is 6.53. The Bertz CT molecular complexity index is 2230. The highest BCUT2D eigenvalue weighted by Gasteiger charge is 2.38. The molecule has 2 saturated heterocycles. The first-order valence-electron chi connectivity index (χ1n) is 19.6. The summed E-state index contributed by atoms with van der Waals surface area (Å²) in [6.45, 7) is 4.94. The number of ether oxygens (including phenoxy) is 2. The summed E-state index contributed by atoms with van der Waals surface area (Å²) >= 11 is 0. The van der Waals surface area contributed by atoms with Crippen LogP contribution in [0.4, 0.5) is 9.59 Å². The minimum atomic E-state index is -0.821. The van der Waals surface area contributed by atoms with Gasteiger partial charge in [0.1, 0.15) is 23.7 Å². The third kappa shape index (κ3) is 8.45. The Balaban J connectivity index is 1.00. The van der Waals surface area contributed by atoms with Crippen molar-refractivity contribution >= 4 is 24.0 Å². The second-order valence-electron chi connectivity index (χ2n) is 15.1. The summed E-state index contributed by atoms with van der Waals surface area (Å²) in [6.07, 6.45) is 9.10. The lowest BCUT2D eigenvalue weighted by Gasteiger charge is -2.30. The van der Waals surface area contributed by atoms with E-state index >= 15 is 0 Å². The first-order valence-corrected chi connectivity index (χ1v) is 19.6. The zero-order valence-corrected chi connectivity index (χ0v) is 33.4. The van der Waals surface area contributed by atoms with Crippen molar-refractivity contribution in [3.05, 3.63) is 90.8 Å². The molecule has 0 unspecified atom stereocenters. The third-order valence-electron chi connectivity index (χ3n) is 11.1. The maximum Gasteiger partial charge on any atom is 0.407 e. The number of methoxy groups -OCH3 is 2. The van der Waals surface area contributed by atoms with Crippen molar-refractivity contribution in [2.24, 2.45) is 13.0 Å². The second-order valence-corrected chi connectivity index (χ2v) is 15.1. The molecule has 0 spiro atoms. The largest absolute Gasteiger partial charge is 0.453 e. The Morgan fingerprint density at radius 1 is 0.724 bits per heavy atom. The van der Waals surface area contributed by atoms with Gasteiger partial charge in [-0.2, -0.15) is 0 Å². The molecule has 304 valence electrons. The molecule has 0 saturated carbocycles. The minimum absolute atomic E-state index is 0.109. The molecular weight excluding hydrogens is 741 g/mol. The molecule has 2 aliphatic rings. The van der Waals surface area contributed by atoms with Crippen LogP contribution in [0.1, 0.15) is 69.0 Å². The Hall–Kier alpha value is -6.45. The summed E-state index contributed by atoms with van der Waals surface area (Å²) in [6, 6.07) is 14.5. The van der Waals surface area contributed by atoms with Crippen molar-refractivity contribution in [3.8, 4) is 33.6 Å². The molecule has 5 aromatic rings.